The first-order chi connectivity index (χ1) is 14.1. The third-order valence-corrected chi connectivity index (χ3v) is 8.30. The standard InChI is InChI=1S/C28H54S/c1-5-6-7-8-9-10-11-12-13-14-15-16-17-18-19-20-23-29-28-24-26(4)21-22-27(28)25(2)3/h24-25,27-28H,5-23H2,1-4H3. The monoisotopic (exact) mass is 422 g/mol. The van der Waals surface area contributed by atoms with Gasteiger partial charge in [0.1, 0.15) is 0 Å². The topological polar surface area (TPSA) is 0 Å². The van der Waals surface area contributed by atoms with Gasteiger partial charge in [0, 0.05) is 5.25 Å². The molecule has 1 rings (SSSR count). The first-order valence-corrected chi connectivity index (χ1v) is 14.5. The summed E-state index contributed by atoms with van der Waals surface area (Å²) in [4.78, 5) is 0. The van der Waals surface area contributed by atoms with Gasteiger partial charge in [0.15, 0.2) is 0 Å². The van der Waals surface area contributed by atoms with Crippen LogP contribution in [0.25, 0.3) is 0 Å². The molecule has 0 aromatic carbocycles. The van der Waals surface area contributed by atoms with Crippen LogP contribution in [0.1, 0.15) is 143 Å². The number of thioether (sulfide) groups is 1. The maximum atomic E-state index is 2.59. The van der Waals surface area contributed by atoms with Crippen LogP contribution in [0, 0.1) is 11.8 Å². The molecule has 172 valence electrons. The highest BCUT2D eigenvalue weighted by molar-refractivity contribution is 8.00. The van der Waals surface area contributed by atoms with Crippen molar-refractivity contribution in [2.45, 2.75) is 149 Å². The maximum absolute atomic E-state index is 2.59. The van der Waals surface area contributed by atoms with Crippen molar-refractivity contribution in [2.75, 3.05) is 5.75 Å². The van der Waals surface area contributed by atoms with Gasteiger partial charge in [-0.2, -0.15) is 11.8 Å². The smallest absolute Gasteiger partial charge is 0.0260 e. The predicted octanol–water partition coefficient (Wildman–Crippen LogP) is 10.4. The van der Waals surface area contributed by atoms with Gasteiger partial charge in [0.25, 0.3) is 0 Å². The summed E-state index contributed by atoms with van der Waals surface area (Å²) in [6.07, 6.45) is 28.7. The highest BCUT2D eigenvalue weighted by atomic mass is 32.2. The summed E-state index contributed by atoms with van der Waals surface area (Å²) >= 11 is 2.25. The summed E-state index contributed by atoms with van der Waals surface area (Å²) in [5.41, 5.74) is 1.63. The SMILES string of the molecule is CCCCCCCCCCCCCCCCCCSC1C=C(C)CCC1C(C)C. The second kappa shape index (κ2) is 18.8. The Bertz CT molecular complexity index is 384. The molecule has 0 heterocycles. The molecule has 0 saturated heterocycles. The van der Waals surface area contributed by atoms with Gasteiger partial charge >= 0.3 is 0 Å². The number of hydrogen-bond donors (Lipinski definition) is 0. The Morgan fingerprint density at radius 1 is 0.759 bits per heavy atom. The summed E-state index contributed by atoms with van der Waals surface area (Å²) in [6, 6.07) is 0. The quantitative estimate of drug-likeness (QED) is 0.147. The Labute approximate surface area is 189 Å². The van der Waals surface area contributed by atoms with Crippen molar-refractivity contribution in [3.63, 3.8) is 0 Å². The maximum Gasteiger partial charge on any atom is 0.0260 e. The molecule has 0 fully saturated rings. The zero-order valence-corrected chi connectivity index (χ0v) is 21.5. The summed E-state index contributed by atoms with van der Waals surface area (Å²) in [5.74, 6) is 3.11. The Hall–Kier alpha value is 0.0900. The molecule has 1 heteroatoms. The molecule has 0 amide bonds. The molecule has 0 N–H and O–H groups in total. The summed E-state index contributed by atoms with van der Waals surface area (Å²) in [5, 5.41) is 0.792. The van der Waals surface area contributed by atoms with E-state index in [2.05, 4.69) is 45.5 Å². The second-order valence-corrected chi connectivity index (χ2v) is 11.4. The van der Waals surface area contributed by atoms with Crippen LogP contribution in [0.5, 0.6) is 0 Å². The molecule has 0 bridgehead atoms. The van der Waals surface area contributed by atoms with E-state index in [4.69, 9.17) is 0 Å². The molecule has 1 aliphatic rings. The van der Waals surface area contributed by atoms with Gasteiger partial charge in [-0.15, -0.1) is 0 Å². The van der Waals surface area contributed by atoms with Crippen LogP contribution in [0.15, 0.2) is 11.6 Å². The summed E-state index contributed by atoms with van der Waals surface area (Å²) in [6.45, 7) is 9.47. The van der Waals surface area contributed by atoms with Gasteiger partial charge in [-0.05, 0) is 43.8 Å². The lowest BCUT2D eigenvalue weighted by atomic mass is 9.82. The molecular weight excluding hydrogens is 368 g/mol. The van der Waals surface area contributed by atoms with Crippen LogP contribution < -0.4 is 0 Å². The molecule has 2 atom stereocenters. The van der Waals surface area contributed by atoms with Crippen LogP contribution in [0.4, 0.5) is 0 Å². The van der Waals surface area contributed by atoms with Crippen molar-refractivity contribution < 1.29 is 0 Å². The van der Waals surface area contributed by atoms with E-state index in [1.165, 1.54) is 121 Å². The van der Waals surface area contributed by atoms with Crippen molar-refractivity contribution >= 4 is 11.8 Å². The van der Waals surface area contributed by atoms with Gasteiger partial charge in [0.2, 0.25) is 0 Å². The molecular formula is C28H54S. The van der Waals surface area contributed by atoms with E-state index < -0.39 is 0 Å². The normalized spacial score (nSPS) is 19.7. The Kier molecular flexibility index (Phi) is 17.6. The van der Waals surface area contributed by atoms with Crippen LogP contribution in [-0.2, 0) is 0 Å². The van der Waals surface area contributed by atoms with Gasteiger partial charge in [-0.1, -0.05) is 129 Å². The molecule has 0 saturated carbocycles. The summed E-state index contributed by atoms with van der Waals surface area (Å²) in [7, 11) is 0. The minimum Gasteiger partial charge on any atom is -0.154 e. The van der Waals surface area contributed by atoms with Crippen LogP contribution in [-0.4, -0.2) is 11.0 Å². The minimum absolute atomic E-state index is 0.792. The lowest BCUT2D eigenvalue weighted by Gasteiger charge is -2.32. The first-order valence-electron chi connectivity index (χ1n) is 13.4. The zero-order valence-electron chi connectivity index (χ0n) is 20.7. The highest BCUT2D eigenvalue weighted by Crippen LogP contribution is 2.36. The highest BCUT2D eigenvalue weighted by Gasteiger charge is 2.26. The van der Waals surface area contributed by atoms with E-state index in [-0.39, 0.29) is 0 Å². The molecule has 0 aliphatic heterocycles. The van der Waals surface area contributed by atoms with Crippen LogP contribution >= 0.6 is 11.8 Å². The molecule has 2 unspecified atom stereocenters. The van der Waals surface area contributed by atoms with Crippen molar-refractivity contribution in [3.8, 4) is 0 Å². The number of rotatable bonds is 19. The van der Waals surface area contributed by atoms with E-state index in [0.717, 1.165) is 17.1 Å². The summed E-state index contributed by atoms with van der Waals surface area (Å²) < 4.78 is 0. The number of unbranched alkanes of at least 4 members (excludes halogenated alkanes) is 15. The van der Waals surface area contributed by atoms with Crippen molar-refractivity contribution in [1.29, 1.82) is 0 Å². The predicted molar refractivity (Wildman–Crippen MR) is 137 cm³/mol. The van der Waals surface area contributed by atoms with E-state index in [0.29, 0.717) is 0 Å². The molecule has 1 aliphatic carbocycles. The van der Waals surface area contributed by atoms with Crippen LogP contribution in [0.3, 0.4) is 0 Å². The van der Waals surface area contributed by atoms with E-state index in [1.807, 2.05) is 0 Å². The minimum atomic E-state index is 0.792. The Balaban J connectivity index is 1.84. The van der Waals surface area contributed by atoms with E-state index in [9.17, 15) is 0 Å². The zero-order chi connectivity index (χ0) is 21.2. The van der Waals surface area contributed by atoms with Crippen molar-refractivity contribution in [1.82, 2.24) is 0 Å². The van der Waals surface area contributed by atoms with E-state index in [1.54, 1.807) is 5.57 Å². The third-order valence-electron chi connectivity index (χ3n) is 6.91. The lowest BCUT2D eigenvalue weighted by Crippen LogP contribution is -2.24. The van der Waals surface area contributed by atoms with Gasteiger partial charge in [-0.25, -0.2) is 0 Å². The van der Waals surface area contributed by atoms with Gasteiger partial charge in [0.05, 0.1) is 0 Å². The van der Waals surface area contributed by atoms with Crippen LogP contribution in [0.2, 0.25) is 0 Å². The van der Waals surface area contributed by atoms with Gasteiger partial charge < -0.3 is 0 Å². The average molecular weight is 423 g/mol. The molecule has 0 radical (unpaired) electrons. The molecule has 0 nitrogen and oxygen atoms in total. The Morgan fingerprint density at radius 3 is 1.66 bits per heavy atom. The fourth-order valence-corrected chi connectivity index (χ4v) is 6.47. The molecule has 29 heavy (non-hydrogen) atoms. The van der Waals surface area contributed by atoms with E-state index >= 15 is 0 Å². The van der Waals surface area contributed by atoms with Gasteiger partial charge in [-0.3, -0.25) is 0 Å². The fourth-order valence-electron chi connectivity index (χ4n) is 4.80. The second-order valence-electron chi connectivity index (χ2n) is 10.1. The largest absolute Gasteiger partial charge is 0.154 e. The fraction of sp³-hybridized carbons (Fsp3) is 0.929. The Morgan fingerprint density at radius 2 is 1.21 bits per heavy atom. The molecule has 0 aromatic heterocycles. The van der Waals surface area contributed by atoms with Crippen molar-refractivity contribution in [3.05, 3.63) is 11.6 Å². The number of allylic oxidation sites excluding steroid dienone is 1. The first kappa shape index (κ1) is 27.1. The number of hydrogen-bond acceptors (Lipinski definition) is 1. The lowest BCUT2D eigenvalue weighted by molar-refractivity contribution is 0.358. The third kappa shape index (κ3) is 14.7. The van der Waals surface area contributed by atoms with Crippen molar-refractivity contribution in [2.24, 2.45) is 11.8 Å². The molecule has 0 aromatic rings. The molecule has 0 spiro atoms. The average Bonchev–Trinajstić information content (AvgIpc) is 2.70.